The Bertz CT molecular complexity index is 1250. The van der Waals surface area contributed by atoms with Gasteiger partial charge in [-0.15, -0.1) is 0 Å². The van der Waals surface area contributed by atoms with Crippen molar-refractivity contribution in [2.24, 2.45) is 4.99 Å². The maximum atomic E-state index is 10.3. The molecule has 0 radical (unpaired) electrons. The zero-order valence-electron chi connectivity index (χ0n) is 15.7. The van der Waals surface area contributed by atoms with Crippen LogP contribution >= 0.6 is 15.9 Å². The number of phenolic OH excluding ortho intramolecular Hbond substituents is 2. The van der Waals surface area contributed by atoms with E-state index in [1.54, 1.807) is 24.3 Å². The molecule has 0 saturated carbocycles. The summed E-state index contributed by atoms with van der Waals surface area (Å²) in [7, 11) is 1.48. The van der Waals surface area contributed by atoms with Crippen LogP contribution < -0.4 is 4.74 Å². The van der Waals surface area contributed by atoms with Crippen molar-refractivity contribution in [2.45, 2.75) is 6.92 Å². The van der Waals surface area contributed by atoms with E-state index in [1.165, 1.54) is 19.4 Å². The van der Waals surface area contributed by atoms with E-state index in [1.807, 2.05) is 25.1 Å². The number of methoxy groups -OCH3 is 1. The monoisotopic (exact) mass is 452 g/mol. The standard InChI is InChI=1S/C22H17BrN2O4/c1-12-3-6-19-17(7-12)25-22(29-19)16-10-15(4-5-18(16)26)24-11-13-8-14(23)9-20(28-2)21(13)27/h3-11,26-27H,1-2H3. The highest BCUT2D eigenvalue weighted by molar-refractivity contribution is 9.10. The molecule has 0 atom stereocenters. The molecule has 4 aromatic rings. The van der Waals surface area contributed by atoms with Crippen molar-refractivity contribution in [3.63, 3.8) is 0 Å². The molecule has 0 aliphatic carbocycles. The topological polar surface area (TPSA) is 88.1 Å². The Kier molecular flexibility index (Phi) is 4.98. The molecule has 146 valence electrons. The normalized spacial score (nSPS) is 11.4. The van der Waals surface area contributed by atoms with Crippen LogP contribution in [-0.2, 0) is 0 Å². The van der Waals surface area contributed by atoms with Crippen LogP contribution in [0.15, 0.2) is 62.4 Å². The maximum absolute atomic E-state index is 10.3. The van der Waals surface area contributed by atoms with E-state index < -0.39 is 0 Å². The third kappa shape index (κ3) is 3.82. The summed E-state index contributed by atoms with van der Waals surface area (Å²) in [4.78, 5) is 8.88. The molecule has 3 aromatic carbocycles. The van der Waals surface area contributed by atoms with Crippen LogP contribution in [0.5, 0.6) is 17.2 Å². The largest absolute Gasteiger partial charge is 0.507 e. The Labute approximate surface area is 175 Å². The highest BCUT2D eigenvalue weighted by Gasteiger charge is 2.13. The van der Waals surface area contributed by atoms with Gasteiger partial charge in [0.25, 0.3) is 0 Å². The Morgan fingerprint density at radius 3 is 2.72 bits per heavy atom. The second-order valence-corrected chi connectivity index (χ2v) is 7.41. The number of aromatic nitrogens is 1. The first-order chi connectivity index (χ1) is 13.9. The van der Waals surface area contributed by atoms with Crippen molar-refractivity contribution in [1.29, 1.82) is 0 Å². The minimum atomic E-state index is -0.00669. The summed E-state index contributed by atoms with van der Waals surface area (Å²) in [5.74, 6) is 0.688. The predicted octanol–water partition coefficient (Wildman–Crippen LogP) is 5.74. The van der Waals surface area contributed by atoms with E-state index in [-0.39, 0.29) is 11.5 Å². The summed E-state index contributed by atoms with van der Waals surface area (Å²) in [5, 5.41) is 20.6. The first-order valence-corrected chi connectivity index (χ1v) is 9.55. The smallest absolute Gasteiger partial charge is 0.231 e. The first-order valence-electron chi connectivity index (χ1n) is 8.76. The number of fused-ring (bicyclic) bond motifs is 1. The fraction of sp³-hybridized carbons (Fsp3) is 0.0909. The molecule has 0 aliphatic rings. The van der Waals surface area contributed by atoms with Gasteiger partial charge in [-0.05, 0) is 55.0 Å². The summed E-state index contributed by atoms with van der Waals surface area (Å²) in [5.41, 5.74) is 3.93. The third-order valence-electron chi connectivity index (χ3n) is 4.40. The molecular weight excluding hydrogens is 436 g/mol. The van der Waals surface area contributed by atoms with Crippen molar-refractivity contribution in [3.05, 3.63) is 64.1 Å². The maximum Gasteiger partial charge on any atom is 0.231 e. The summed E-state index contributed by atoms with van der Waals surface area (Å²) in [6.07, 6.45) is 1.52. The Hall–Kier alpha value is -3.32. The van der Waals surface area contributed by atoms with Crippen molar-refractivity contribution < 1.29 is 19.4 Å². The average molecular weight is 453 g/mol. The van der Waals surface area contributed by atoms with Gasteiger partial charge in [-0.25, -0.2) is 4.98 Å². The molecule has 0 fully saturated rings. The second kappa shape index (κ2) is 7.60. The number of rotatable bonds is 4. The summed E-state index contributed by atoms with van der Waals surface area (Å²) in [6, 6.07) is 14.0. The molecular formula is C22H17BrN2O4. The lowest BCUT2D eigenvalue weighted by atomic mass is 10.1. The molecule has 0 unspecified atom stereocenters. The molecule has 29 heavy (non-hydrogen) atoms. The van der Waals surface area contributed by atoms with Crippen LogP contribution in [0.25, 0.3) is 22.6 Å². The molecule has 4 rings (SSSR count). The lowest BCUT2D eigenvalue weighted by molar-refractivity contribution is 0.373. The van der Waals surface area contributed by atoms with E-state index in [0.717, 1.165) is 15.6 Å². The molecule has 0 aliphatic heterocycles. The second-order valence-electron chi connectivity index (χ2n) is 6.50. The zero-order valence-corrected chi connectivity index (χ0v) is 17.3. The van der Waals surface area contributed by atoms with Crippen LogP contribution in [0.4, 0.5) is 5.69 Å². The van der Waals surface area contributed by atoms with Gasteiger partial charge in [-0.1, -0.05) is 22.0 Å². The molecule has 1 aromatic heterocycles. The predicted molar refractivity (Wildman–Crippen MR) is 115 cm³/mol. The Morgan fingerprint density at radius 1 is 1.10 bits per heavy atom. The number of oxazole rings is 1. The summed E-state index contributed by atoms with van der Waals surface area (Å²) >= 11 is 3.38. The highest BCUT2D eigenvalue weighted by Crippen LogP contribution is 2.35. The summed E-state index contributed by atoms with van der Waals surface area (Å²) < 4.78 is 11.7. The number of phenols is 2. The van der Waals surface area contributed by atoms with Crippen molar-refractivity contribution in [2.75, 3.05) is 7.11 Å². The minimum Gasteiger partial charge on any atom is -0.507 e. The lowest BCUT2D eigenvalue weighted by Gasteiger charge is -2.07. The lowest BCUT2D eigenvalue weighted by Crippen LogP contribution is -1.89. The highest BCUT2D eigenvalue weighted by atomic mass is 79.9. The number of hydrogen-bond donors (Lipinski definition) is 2. The number of aromatic hydroxyl groups is 2. The molecule has 6 nitrogen and oxygen atoms in total. The third-order valence-corrected chi connectivity index (χ3v) is 4.85. The number of benzene rings is 3. The van der Waals surface area contributed by atoms with Gasteiger partial charge in [0, 0.05) is 16.3 Å². The van der Waals surface area contributed by atoms with E-state index in [9.17, 15) is 10.2 Å². The molecule has 0 spiro atoms. The Balaban J connectivity index is 1.72. The number of halogens is 1. The van der Waals surface area contributed by atoms with Gasteiger partial charge in [0.2, 0.25) is 5.89 Å². The first kappa shape index (κ1) is 19.0. The molecule has 1 heterocycles. The van der Waals surface area contributed by atoms with Crippen LogP contribution in [0.1, 0.15) is 11.1 Å². The fourth-order valence-corrected chi connectivity index (χ4v) is 3.38. The van der Waals surface area contributed by atoms with Crippen molar-refractivity contribution in [3.8, 4) is 28.7 Å². The minimum absolute atomic E-state index is 0.00669. The van der Waals surface area contributed by atoms with Crippen LogP contribution in [0.3, 0.4) is 0 Å². The van der Waals surface area contributed by atoms with Gasteiger partial charge in [-0.2, -0.15) is 0 Å². The van der Waals surface area contributed by atoms with Gasteiger partial charge >= 0.3 is 0 Å². The van der Waals surface area contributed by atoms with Gasteiger partial charge in [0.15, 0.2) is 17.1 Å². The SMILES string of the molecule is COc1cc(Br)cc(C=Nc2ccc(O)c(-c3nc4cc(C)ccc4o3)c2)c1O. The van der Waals surface area contributed by atoms with Crippen molar-refractivity contribution >= 4 is 38.9 Å². The number of nitrogens with zero attached hydrogens (tertiary/aromatic N) is 2. The van der Waals surface area contributed by atoms with Gasteiger partial charge in [-0.3, -0.25) is 4.99 Å². The van der Waals surface area contributed by atoms with Gasteiger partial charge < -0.3 is 19.4 Å². The number of ether oxygens (including phenoxy) is 1. The average Bonchev–Trinajstić information content (AvgIpc) is 3.12. The van der Waals surface area contributed by atoms with E-state index >= 15 is 0 Å². The summed E-state index contributed by atoms with van der Waals surface area (Å²) in [6.45, 7) is 1.98. The molecule has 2 N–H and O–H groups in total. The van der Waals surface area contributed by atoms with Crippen LogP contribution in [0, 0.1) is 6.92 Å². The van der Waals surface area contributed by atoms with E-state index in [0.29, 0.717) is 34.0 Å². The van der Waals surface area contributed by atoms with Gasteiger partial charge in [0.1, 0.15) is 11.3 Å². The van der Waals surface area contributed by atoms with Crippen molar-refractivity contribution in [1.82, 2.24) is 4.98 Å². The van der Waals surface area contributed by atoms with Crippen LogP contribution in [0.2, 0.25) is 0 Å². The quantitative estimate of drug-likeness (QED) is 0.385. The van der Waals surface area contributed by atoms with E-state index in [4.69, 9.17) is 9.15 Å². The Morgan fingerprint density at radius 2 is 1.93 bits per heavy atom. The molecule has 0 bridgehead atoms. The number of aliphatic imine (C=N–C) groups is 1. The molecule has 0 saturated heterocycles. The fourth-order valence-electron chi connectivity index (χ4n) is 2.92. The molecule has 0 amide bonds. The zero-order chi connectivity index (χ0) is 20.5. The molecule has 7 heteroatoms. The van der Waals surface area contributed by atoms with Gasteiger partial charge in [0.05, 0.1) is 18.4 Å². The van der Waals surface area contributed by atoms with Crippen LogP contribution in [-0.4, -0.2) is 28.5 Å². The number of aryl methyl sites for hydroxylation is 1. The number of hydrogen-bond acceptors (Lipinski definition) is 6. The van der Waals surface area contributed by atoms with E-state index in [2.05, 4.69) is 25.9 Å².